The van der Waals surface area contributed by atoms with Crippen LogP contribution in [0.2, 0.25) is 0 Å². The van der Waals surface area contributed by atoms with Crippen LogP contribution in [0.5, 0.6) is 11.5 Å². The van der Waals surface area contributed by atoms with E-state index in [1.54, 1.807) is 24.3 Å². The zero-order valence-corrected chi connectivity index (χ0v) is 22.4. The number of ether oxygens (including phenoxy) is 2. The Balaban J connectivity index is 1.41. The number of amides is 4. The molecule has 0 radical (unpaired) electrons. The summed E-state index contributed by atoms with van der Waals surface area (Å²) in [5.74, 6) is -1.07. The van der Waals surface area contributed by atoms with Crippen LogP contribution in [0, 0.1) is 12.8 Å². The molecule has 2 atom stereocenters. The number of rotatable bonds is 7. The zero-order chi connectivity index (χ0) is 28.2. The first-order chi connectivity index (χ1) is 19.3. The monoisotopic (exact) mass is 550 g/mol. The van der Waals surface area contributed by atoms with E-state index in [1.165, 1.54) is 9.80 Å². The smallest absolute Gasteiger partial charge is 0.323 e. The number of urea groups is 1. The number of anilines is 1. The Morgan fingerprint density at radius 2 is 1.73 bits per heavy atom. The van der Waals surface area contributed by atoms with Crippen LogP contribution >= 0.6 is 0 Å². The van der Waals surface area contributed by atoms with Crippen LogP contribution in [0.4, 0.5) is 10.5 Å². The molecule has 0 bridgehead atoms. The van der Waals surface area contributed by atoms with Crippen LogP contribution in [0.1, 0.15) is 54.4 Å². The van der Waals surface area contributed by atoms with E-state index in [-0.39, 0.29) is 37.8 Å². The van der Waals surface area contributed by atoms with Crippen LogP contribution in [0.15, 0.2) is 42.5 Å². The number of hydrogen-bond acceptors (Lipinski definition) is 6. The Labute approximate surface area is 232 Å². The number of aryl methyl sites for hydroxylation is 1. The Kier molecular flexibility index (Phi) is 8.09. The van der Waals surface area contributed by atoms with Gasteiger partial charge in [-0.05, 0) is 61.6 Å². The molecular formula is C29H34N4O7. The fourth-order valence-electron chi connectivity index (χ4n) is 5.77. The van der Waals surface area contributed by atoms with Crippen molar-refractivity contribution in [3.05, 3.63) is 53.6 Å². The van der Waals surface area contributed by atoms with Crippen LogP contribution in [-0.2, 0) is 9.59 Å². The molecule has 2 fully saturated rings. The van der Waals surface area contributed by atoms with Crippen molar-refractivity contribution in [2.75, 3.05) is 25.2 Å². The molecule has 2 aliphatic heterocycles. The zero-order valence-electron chi connectivity index (χ0n) is 22.4. The second kappa shape index (κ2) is 11.8. The van der Waals surface area contributed by atoms with Gasteiger partial charge in [-0.15, -0.1) is 0 Å². The number of nitrogens with zero attached hydrogens (tertiary/aromatic N) is 2. The van der Waals surface area contributed by atoms with Crippen molar-refractivity contribution in [3.8, 4) is 11.5 Å². The van der Waals surface area contributed by atoms with Crippen LogP contribution in [0.3, 0.4) is 0 Å². The average molecular weight is 551 g/mol. The van der Waals surface area contributed by atoms with Crippen molar-refractivity contribution in [1.82, 2.24) is 15.1 Å². The predicted molar refractivity (Wildman–Crippen MR) is 145 cm³/mol. The Morgan fingerprint density at radius 3 is 2.48 bits per heavy atom. The number of carboxylic acid groups (broad SMARTS) is 1. The summed E-state index contributed by atoms with van der Waals surface area (Å²) in [6.45, 7) is 2.21. The largest absolute Gasteiger partial charge is 0.481 e. The number of fused-ring (bicyclic) bond motifs is 1. The molecule has 1 saturated carbocycles. The summed E-state index contributed by atoms with van der Waals surface area (Å²) in [6, 6.07) is 10.9. The third-order valence-electron chi connectivity index (χ3n) is 7.76. The number of hydrogen-bond donors (Lipinski definition) is 3. The fourth-order valence-corrected chi connectivity index (χ4v) is 5.77. The molecule has 0 aromatic heterocycles. The highest BCUT2D eigenvalue weighted by molar-refractivity contribution is 6.01. The summed E-state index contributed by atoms with van der Waals surface area (Å²) in [6.07, 6.45) is 3.18. The van der Waals surface area contributed by atoms with E-state index in [9.17, 15) is 24.3 Å². The minimum absolute atomic E-state index is 0.0165. The lowest BCUT2D eigenvalue weighted by Gasteiger charge is -2.34. The molecule has 2 unspecified atom stereocenters. The van der Waals surface area contributed by atoms with Gasteiger partial charge in [0.25, 0.3) is 11.8 Å². The fraction of sp³-hybridized carbons (Fsp3) is 0.448. The van der Waals surface area contributed by atoms with Gasteiger partial charge in [-0.25, -0.2) is 4.79 Å². The molecule has 2 heterocycles. The van der Waals surface area contributed by atoms with Gasteiger partial charge in [0.15, 0.2) is 17.7 Å². The molecule has 5 rings (SSSR count). The lowest BCUT2D eigenvalue weighted by molar-refractivity contribution is -0.138. The van der Waals surface area contributed by atoms with Crippen molar-refractivity contribution in [2.24, 2.45) is 5.92 Å². The van der Waals surface area contributed by atoms with Crippen LogP contribution in [-0.4, -0.2) is 70.8 Å². The Bertz CT molecular complexity index is 1290. The van der Waals surface area contributed by atoms with E-state index in [4.69, 9.17) is 9.47 Å². The number of nitrogens with one attached hydrogen (secondary N) is 2. The molecule has 40 heavy (non-hydrogen) atoms. The molecule has 3 N–H and O–H groups in total. The summed E-state index contributed by atoms with van der Waals surface area (Å²) in [4.78, 5) is 55.4. The van der Waals surface area contributed by atoms with Gasteiger partial charge in [0.05, 0.1) is 6.42 Å². The highest BCUT2D eigenvalue weighted by Crippen LogP contribution is 2.34. The van der Waals surface area contributed by atoms with E-state index in [1.807, 2.05) is 25.1 Å². The third kappa shape index (κ3) is 5.98. The average Bonchev–Trinajstić information content (AvgIpc) is 3.60. The highest BCUT2D eigenvalue weighted by Gasteiger charge is 2.44. The normalized spacial score (nSPS) is 19.3. The van der Waals surface area contributed by atoms with E-state index in [0.717, 1.165) is 37.7 Å². The second-order valence-corrected chi connectivity index (χ2v) is 10.5. The molecule has 11 nitrogen and oxygen atoms in total. The van der Waals surface area contributed by atoms with Gasteiger partial charge >= 0.3 is 12.0 Å². The number of benzene rings is 2. The summed E-state index contributed by atoms with van der Waals surface area (Å²) in [7, 11) is 0. The first-order valence-corrected chi connectivity index (χ1v) is 13.7. The van der Waals surface area contributed by atoms with Gasteiger partial charge in [0.2, 0.25) is 6.79 Å². The molecule has 1 aliphatic carbocycles. The van der Waals surface area contributed by atoms with Crippen molar-refractivity contribution >= 4 is 29.5 Å². The number of aliphatic carboxylic acids is 1. The van der Waals surface area contributed by atoms with E-state index < -0.39 is 36.0 Å². The van der Waals surface area contributed by atoms with Gasteiger partial charge in [0, 0.05) is 30.4 Å². The Morgan fingerprint density at radius 1 is 0.975 bits per heavy atom. The highest BCUT2D eigenvalue weighted by atomic mass is 16.7. The maximum Gasteiger partial charge on any atom is 0.323 e. The molecular weight excluding hydrogens is 516 g/mol. The van der Waals surface area contributed by atoms with Crippen LogP contribution in [0.25, 0.3) is 0 Å². The molecule has 3 aliphatic rings. The van der Waals surface area contributed by atoms with Crippen molar-refractivity contribution in [1.29, 1.82) is 0 Å². The van der Waals surface area contributed by atoms with E-state index >= 15 is 0 Å². The molecule has 2 aromatic carbocycles. The van der Waals surface area contributed by atoms with Gasteiger partial charge < -0.3 is 30.1 Å². The molecule has 1 saturated heterocycles. The summed E-state index contributed by atoms with van der Waals surface area (Å²) in [5, 5.41) is 15.3. The molecule has 212 valence electrons. The van der Waals surface area contributed by atoms with Gasteiger partial charge in [0.1, 0.15) is 0 Å². The predicted octanol–water partition coefficient (Wildman–Crippen LogP) is 3.58. The van der Waals surface area contributed by atoms with E-state index in [0.29, 0.717) is 17.2 Å². The second-order valence-electron chi connectivity index (χ2n) is 10.5. The van der Waals surface area contributed by atoms with Gasteiger partial charge in [-0.2, -0.15) is 0 Å². The first kappa shape index (κ1) is 27.3. The number of carbonyl (C=O) groups excluding carboxylic acids is 3. The van der Waals surface area contributed by atoms with Crippen molar-refractivity contribution < 1.29 is 33.8 Å². The van der Waals surface area contributed by atoms with E-state index in [2.05, 4.69) is 10.6 Å². The van der Waals surface area contributed by atoms with Gasteiger partial charge in [-0.1, -0.05) is 31.4 Å². The third-order valence-corrected chi connectivity index (χ3v) is 7.76. The SMILES string of the molecule is Cc1cccc(NC(=O)N2CCN(C(=O)c3ccc4c(c3)OCO4)C2C(=O)NC(CC(=O)O)C2CCCCC2)c1. The van der Waals surface area contributed by atoms with Crippen molar-refractivity contribution in [2.45, 2.75) is 57.7 Å². The Hall–Kier alpha value is -4.28. The number of carbonyl (C=O) groups is 4. The van der Waals surface area contributed by atoms with Crippen LogP contribution < -0.4 is 20.1 Å². The topological polar surface area (TPSA) is 138 Å². The quantitative estimate of drug-likeness (QED) is 0.479. The van der Waals surface area contributed by atoms with Gasteiger partial charge in [-0.3, -0.25) is 19.3 Å². The minimum atomic E-state index is -1.26. The molecule has 0 spiro atoms. The maximum atomic E-state index is 13.9. The summed E-state index contributed by atoms with van der Waals surface area (Å²) >= 11 is 0. The molecule has 4 amide bonds. The maximum absolute atomic E-state index is 13.9. The lowest BCUT2D eigenvalue weighted by atomic mass is 9.82. The summed E-state index contributed by atoms with van der Waals surface area (Å²) < 4.78 is 10.8. The summed E-state index contributed by atoms with van der Waals surface area (Å²) in [5.41, 5.74) is 1.81. The van der Waals surface area contributed by atoms with Crippen molar-refractivity contribution in [3.63, 3.8) is 0 Å². The molecule has 2 aromatic rings. The minimum Gasteiger partial charge on any atom is -0.481 e. The number of carboxylic acids is 1. The lowest BCUT2D eigenvalue weighted by Crippen LogP contribution is -2.57. The molecule has 11 heteroatoms. The standard InChI is InChI=1S/C29H34N4O7/c1-18-6-5-9-21(14-18)30-29(38)33-13-12-32(28(37)20-10-11-23-24(15-20)40-17-39-23)27(33)26(36)31-22(16-25(34)35)19-7-3-2-4-8-19/h5-6,9-11,14-15,19,22,27H,2-4,7-8,12-13,16-17H2,1H3,(H,30,38)(H,31,36)(H,34,35). The first-order valence-electron chi connectivity index (χ1n) is 13.7.